The van der Waals surface area contributed by atoms with Crippen LogP contribution >= 0.6 is 15.9 Å². The highest BCUT2D eigenvalue weighted by Gasteiger charge is 2.48. The molecule has 0 bridgehead atoms. The third kappa shape index (κ3) is 5.26. The quantitative estimate of drug-likeness (QED) is 0.570. The number of benzene rings is 2. The molecule has 1 heterocycles. The Balaban J connectivity index is 1.80. The van der Waals surface area contributed by atoms with Crippen molar-refractivity contribution in [2.24, 2.45) is 0 Å². The monoisotopic (exact) mass is 512 g/mol. The summed E-state index contributed by atoms with van der Waals surface area (Å²) in [6.07, 6.45) is -4.68. The molecule has 2 aromatic rings. The molecule has 0 aliphatic carbocycles. The van der Waals surface area contributed by atoms with Crippen LogP contribution in [0.2, 0.25) is 0 Å². The molecule has 2 amide bonds. The van der Waals surface area contributed by atoms with Gasteiger partial charge >= 0.3 is 12.1 Å². The van der Waals surface area contributed by atoms with Crippen molar-refractivity contribution < 1.29 is 27.5 Å². The fraction of sp³-hybridized carbons (Fsp3) is 0.391. The lowest BCUT2D eigenvalue weighted by Crippen LogP contribution is -2.55. The largest absolute Gasteiger partial charge is 0.490 e. The molecule has 0 aromatic heterocycles. The van der Waals surface area contributed by atoms with Gasteiger partial charge < -0.3 is 15.0 Å². The van der Waals surface area contributed by atoms with Gasteiger partial charge in [-0.15, -0.1) is 0 Å². The lowest BCUT2D eigenvalue weighted by Gasteiger charge is -2.43. The van der Waals surface area contributed by atoms with Crippen molar-refractivity contribution >= 4 is 33.4 Å². The first-order valence-corrected chi connectivity index (χ1v) is 10.9. The van der Waals surface area contributed by atoms with Crippen LogP contribution in [0, 0.1) is 0 Å². The molecule has 0 radical (unpaired) electrons. The average Bonchev–Trinajstić information content (AvgIpc) is 2.67. The van der Waals surface area contributed by atoms with Crippen molar-refractivity contribution in [2.45, 2.75) is 58.5 Å². The van der Waals surface area contributed by atoms with E-state index in [2.05, 4.69) is 21.2 Å². The Labute approximate surface area is 193 Å². The number of fused-ring (bicyclic) bond motifs is 1. The maximum Gasteiger partial charge on any atom is 0.471 e. The van der Waals surface area contributed by atoms with Crippen LogP contribution in [0.15, 0.2) is 40.9 Å². The average molecular weight is 513 g/mol. The lowest BCUT2D eigenvalue weighted by molar-refractivity contribution is -0.192. The van der Waals surface area contributed by atoms with Gasteiger partial charge in [0.05, 0.1) is 10.6 Å². The first kappa shape index (κ1) is 24.1. The van der Waals surface area contributed by atoms with Crippen LogP contribution in [0.25, 0.3) is 0 Å². The van der Waals surface area contributed by atoms with Crippen molar-refractivity contribution in [1.29, 1.82) is 0 Å². The minimum atomic E-state index is -4.95. The van der Waals surface area contributed by atoms with E-state index in [0.717, 1.165) is 10.5 Å². The molecule has 0 saturated heterocycles. The summed E-state index contributed by atoms with van der Waals surface area (Å²) < 4.78 is 45.5. The third-order valence-electron chi connectivity index (χ3n) is 5.19. The third-order valence-corrected chi connectivity index (χ3v) is 5.81. The predicted molar refractivity (Wildman–Crippen MR) is 119 cm³/mol. The molecular weight excluding hydrogens is 489 g/mol. The van der Waals surface area contributed by atoms with Gasteiger partial charge in [0.15, 0.2) is 0 Å². The summed E-state index contributed by atoms with van der Waals surface area (Å²) >= 11 is 3.39. The minimum Gasteiger partial charge on any atom is -0.490 e. The number of hydrogen-bond donors (Lipinski definition) is 1. The summed E-state index contributed by atoms with van der Waals surface area (Å²) in [4.78, 5) is 25.5. The summed E-state index contributed by atoms with van der Waals surface area (Å²) in [5.74, 6) is -1.63. The molecule has 172 valence electrons. The molecule has 1 aliphatic rings. The predicted octanol–water partition coefficient (Wildman–Crippen LogP) is 5.71. The second-order valence-corrected chi connectivity index (χ2v) is 9.48. The van der Waals surface area contributed by atoms with Crippen LogP contribution in [0.3, 0.4) is 0 Å². The van der Waals surface area contributed by atoms with Gasteiger partial charge in [-0.2, -0.15) is 13.2 Å². The van der Waals surface area contributed by atoms with E-state index in [1.807, 2.05) is 13.8 Å². The van der Waals surface area contributed by atoms with Gasteiger partial charge in [0.2, 0.25) is 0 Å². The first-order valence-electron chi connectivity index (χ1n) is 10.1. The molecule has 9 heteroatoms. The zero-order valence-electron chi connectivity index (χ0n) is 18.1. The van der Waals surface area contributed by atoms with Gasteiger partial charge in [0.25, 0.3) is 5.91 Å². The van der Waals surface area contributed by atoms with E-state index in [-0.39, 0.29) is 25.0 Å². The summed E-state index contributed by atoms with van der Waals surface area (Å²) in [7, 11) is 0. The molecule has 5 nitrogen and oxygen atoms in total. The van der Waals surface area contributed by atoms with Crippen molar-refractivity contribution in [1.82, 2.24) is 4.90 Å². The van der Waals surface area contributed by atoms with Crippen LogP contribution in [0.4, 0.5) is 18.9 Å². The fourth-order valence-electron chi connectivity index (χ4n) is 3.66. The normalized spacial score (nSPS) is 15.3. The van der Waals surface area contributed by atoms with Crippen molar-refractivity contribution in [3.63, 3.8) is 0 Å². The number of nitrogens with one attached hydrogen (secondary N) is 1. The van der Waals surface area contributed by atoms with E-state index < -0.39 is 17.6 Å². The number of anilines is 1. The molecule has 1 N–H and O–H groups in total. The van der Waals surface area contributed by atoms with E-state index in [0.29, 0.717) is 27.0 Å². The summed E-state index contributed by atoms with van der Waals surface area (Å²) in [5, 5.41) is 2.76. The topological polar surface area (TPSA) is 58.6 Å². The summed E-state index contributed by atoms with van der Waals surface area (Å²) in [6.45, 7) is 6.83. The van der Waals surface area contributed by atoms with Gasteiger partial charge in [0.1, 0.15) is 5.75 Å². The second kappa shape index (κ2) is 8.77. The van der Waals surface area contributed by atoms with Gasteiger partial charge in [-0.05, 0) is 91.5 Å². The number of carbonyl (C=O) groups is 2. The molecule has 0 fully saturated rings. The summed E-state index contributed by atoms with van der Waals surface area (Å²) in [5.41, 5.74) is 1.27. The van der Waals surface area contributed by atoms with Crippen molar-refractivity contribution in [3.05, 3.63) is 57.6 Å². The number of nitrogens with zero attached hydrogens (tertiary/aromatic N) is 1. The van der Waals surface area contributed by atoms with Crippen LogP contribution in [-0.2, 0) is 17.8 Å². The van der Waals surface area contributed by atoms with E-state index in [9.17, 15) is 22.8 Å². The Morgan fingerprint density at radius 3 is 2.41 bits per heavy atom. The van der Waals surface area contributed by atoms with E-state index in [4.69, 9.17) is 4.74 Å². The molecular formula is C23H24BrF3N2O3. The molecule has 32 heavy (non-hydrogen) atoms. The Hall–Kier alpha value is -2.55. The maximum atomic E-state index is 13.1. The van der Waals surface area contributed by atoms with Gasteiger partial charge in [-0.25, -0.2) is 0 Å². The number of alkyl halides is 3. The lowest BCUT2D eigenvalue weighted by atomic mass is 9.85. The highest BCUT2D eigenvalue weighted by Crippen LogP contribution is 2.35. The molecule has 0 saturated carbocycles. The van der Waals surface area contributed by atoms with Crippen LogP contribution in [0.5, 0.6) is 5.75 Å². The number of hydrogen-bond acceptors (Lipinski definition) is 3. The molecule has 3 rings (SSSR count). The smallest absolute Gasteiger partial charge is 0.471 e. The standard InChI is InChI=1S/C23H24BrF3N2O3/c1-13(2)32-19-8-6-14(10-18(19)24)20(30)28-17-7-5-15-11-22(3,4)29(12-16(15)9-17)21(31)23(25,26)27/h5-10,13H,11-12H2,1-4H3,(H,28,30). The highest BCUT2D eigenvalue weighted by molar-refractivity contribution is 9.10. The van der Waals surface area contributed by atoms with Gasteiger partial charge in [-0.1, -0.05) is 6.07 Å². The van der Waals surface area contributed by atoms with Gasteiger partial charge in [0, 0.05) is 23.3 Å². The van der Waals surface area contributed by atoms with Crippen LogP contribution in [0.1, 0.15) is 49.2 Å². The molecule has 1 aliphatic heterocycles. The van der Waals surface area contributed by atoms with Crippen LogP contribution in [-0.4, -0.2) is 34.5 Å². The zero-order valence-corrected chi connectivity index (χ0v) is 19.7. The summed E-state index contributed by atoms with van der Waals surface area (Å²) in [6, 6.07) is 10.1. The highest BCUT2D eigenvalue weighted by atomic mass is 79.9. The molecule has 2 aromatic carbocycles. The molecule has 0 unspecified atom stereocenters. The Bertz CT molecular complexity index is 1050. The second-order valence-electron chi connectivity index (χ2n) is 8.63. The number of amides is 2. The number of rotatable bonds is 4. The Kier molecular flexibility index (Phi) is 6.60. The zero-order chi connectivity index (χ0) is 23.8. The fourth-order valence-corrected chi connectivity index (χ4v) is 4.14. The molecule has 0 atom stereocenters. The van der Waals surface area contributed by atoms with E-state index in [1.165, 1.54) is 0 Å². The van der Waals surface area contributed by atoms with E-state index in [1.54, 1.807) is 50.2 Å². The van der Waals surface area contributed by atoms with Gasteiger partial charge in [-0.3, -0.25) is 9.59 Å². The van der Waals surface area contributed by atoms with Crippen LogP contribution < -0.4 is 10.1 Å². The first-order chi connectivity index (χ1) is 14.8. The Morgan fingerprint density at radius 2 is 1.81 bits per heavy atom. The van der Waals surface area contributed by atoms with Crippen molar-refractivity contribution in [3.8, 4) is 5.75 Å². The minimum absolute atomic E-state index is 0.0183. The number of carbonyl (C=O) groups excluding carboxylic acids is 2. The maximum absolute atomic E-state index is 13.1. The van der Waals surface area contributed by atoms with Crippen molar-refractivity contribution in [2.75, 3.05) is 5.32 Å². The number of ether oxygens (including phenoxy) is 1. The van der Waals surface area contributed by atoms with E-state index >= 15 is 0 Å². The Morgan fingerprint density at radius 1 is 1.12 bits per heavy atom. The number of halogens is 4. The molecule has 0 spiro atoms. The SMILES string of the molecule is CC(C)Oc1ccc(C(=O)Nc2ccc3c(c2)CN(C(=O)C(F)(F)F)C(C)(C)C3)cc1Br.